The SMILES string of the molecule is CCCCC#Cc1ccc(C(C)(C)C)cc1SC(F)(F)F. The zero-order valence-electron chi connectivity index (χ0n) is 12.9. The van der Waals surface area contributed by atoms with Crippen LogP contribution in [0.1, 0.15) is 58.1 Å². The number of alkyl halides is 3. The van der Waals surface area contributed by atoms with Crippen molar-refractivity contribution in [1.82, 2.24) is 0 Å². The molecule has 0 spiro atoms. The molecule has 1 aromatic carbocycles. The van der Waals surface area contributed by atoms with Crippen molar-refractivity contribution >= 4 is 11.8 Å². The summed E-state index contributed by atoms with van der Waals surface area (Å²) in [5.41, 5.74) is -3.14. The molecule has 0 N–H and O–H groups in total. The minimum atomic E-state index is -4.30. The van der Waals surface area contributed by atoms with E-state index in [1.807, 2.05) is 26.8 Å². The molecule has 0 radical (unpaired) electrons. The molecule has 0 nitrogen and oxygen atoms in total. The number of rotatable bonds is 3. The maximum atomic E-state index is 12.7. The Morgan fingerprint density at radius 1 is 1.14 bits per heavy atom. The Kier molecular flexibility index (Phi) is 6.22. The van der Waals surface area contributed by atoms with Gasteiger partial charge in [0.05, 0.1) is 0 Å². The average molecular weight is 314 g/mol. The molecule has 4 heteroatoms. The van der Waals surface area contributed by atoms with E-state index in [0.717, 1.165) is 18.4 Å². The van der Waals surface area contributed by atoms with Crippen molar-refractivity contribution in [2.75, 3.05) is 0 Å². The number of thioether (sulfide) groups is 1. The van der Waals surface area contributed by atoms with Gasteiger partial charge in [-0.15, -0.1) is 0 Å². The number of hydrogen-bond acceptors (Lipinski definition) is 1. The lowest BCUT2D eigenvalue weighted by atomic mass is 9.87. The van der Waals surface area contributed by atoms with E-state index < -0.39 is 5.51 Å². The summed E-state index contributed by atoms with van der Waals surface area (Å²) < 4.78 is 38.1. The van der Waals surface area contributed by atoms with Crippen LogP contribution in [-0.4, -0.2) is 5.51 Å². The monoisotopic (exact) mass is 314 g/mol. The predicted molar refractivity (Wildman–Crippen MR) is 83.5 cm³/mol. The zero-order valence-corrected chi connectivity index (χ0v) is 13.7. The summed E-state index contributed by atoms with van der Waals surface area (Å²) in [4.78, 5) is 0.193. The second-order valence-corrected chi connectivity index (χ2v) is 7.02. The number of benzene rings is 1. The highest BCUT2D eigenvalue weighted by Gasteiger charge is 2.31. The van der Waals surface area contributed by atoms with Crippen LogP contribution in [0.5, 0.6) is 0 Å². The van der Waals surface area contributed by atoms with E-state index in [4.69, 9.17) is 0 Å². The van der Waals surface area contributed by atoms with Crippen LogP contribution in [0.4, 0.5) is 13.2 Å². The molecule has 0 atom stereocenters. The van der Waals surface area contributed by atoms with Crippen molar-refractivity contribution in [2.24, 2.45) is 0 Å². The highest BCUT2D eigenvalue weighted by Crippen LogP contribution is 2.40. The summed E-state index contributed by atoms with van der Waals surface area (Å²) in [5.74, 6) is 5.83. The Balaban J connectivity index is 3.13. The molecule has 21 heavy (non-hydrogen) atoms. The van der Waals surface area contributed by atoms with Gasteiger partial charge in [-0.25, -0.2) is 0 Å². The zero-order chi connectivity index (χ0) is 16.1. The first-order chi connectivity index (χ1) is 9.63. The fraction of sp³-hybridized carbons (Fsp3) is 0.529. The van der Waals surface area contributed by atoms with Crippen molar-refractivity contribution in [2.45, 2.75) is 62.8 Å². The van der Waals surface area contributed by atoms with Crippen molar-refractivity contribution in [1.29, 1.82) is 0 Å². The molecule has 0 aliphatic carbocycles. The third-order valence-corrected chi connectivity index (χ3v) is 3.74. The lowest BCUT2D eigenvalue weighted by molar-refractivity contribution is -0.0328. The van der Waals surface area contributed by atoms with Crippen molar-refractivity contribution in [3.8, 4) is 11.8 Å². The van der Waals surface area contributed by atoms with Gasteiger partial charge >= 0.3 is 5.51 Å². The molecule has 0 saturated carbocycles. The van der Waals surface area contributed by atoms with Gasteiger partial charge in [-0.2, -0.15) is 13.2 Å². The molecule has 0 aromatic heterocycles. The Bertz CT molecular complexity index is 528. The fourth-order valence-corrected chi connectivity index (χ4v) is 2.39. The topological polar surface area (TPSA) is 0 Å². The molecule has 1 aromatic rings. The minimum absolute atomic E-state index is 0.0811. The molecule has 116 valence electrons. The van der Waals surface area contributed by atoms with Crippen LogP contribution in [0.3, 0.4) is 0 Å². The molecular weight excluding hydrogens is 293 g/mol. The van der Waals surface area contributed by atoms with E-state index in [-0.39, 0.29) is 22.1 Å². The predicted octanol–water partition coefficient (Wildman–Crippen LogP) is 6.14. The van der Waals surface area contributed by atoms with Crippen molar-refractivity contribution in [3.05, 3.63) is 29.3 Å². The fourth-order valence-electron chi connectivity index (χ4n) is 1.72. The second-order valence-electron chi connectivity index (χ2n) is 5.91. The normalized spacial score (nSPS) is 12.0. The smallest absolute Gasteiger partial charge is 0.160 e. The molecule has 0 unspecified atom stereocenters. The van der Waals surface area contributed by atoms with Gasteiger partial charge in [0.25, 0.3) is 0 Å². The van der Waals surface area contributed by atoms with Gasteiger partial charge in [0.2, 0.25) is 0 Å². The molecule has 0 amide bonds. The Morgan fingerprint density at radius 2 is 1.81 bits per heavy atom. The van der Waals surface area contributed by atoms with Crippen LogP contribution < -0.4 is 0 Å². The van der Waals surface area contributed by atoms with Gasteiger partial charge in [0.1, 0.15) is 0 Å². The quantitative estimate of drug-likeness (QED) is 0.367. The Labute approximate surface area is 129 Å². The van der Waals surface area contributed by atoms with Gasteiger partial charge in [-0.1, -0.05) is 52.0 Å². The van der Waals surface area contributed by atoms with Crippen molar-refractivity contribution < 1.29 is 13.2 Å². The Morgan fingerprint density at radius 3 is 2.33 bits per heavy atom. The van der Waals surface area contributed by atoms with Crippen LogP contribution >= 0.6 is 11.8 Å². The van der Waals surface area contributed by atoms with Crippen LogP contribution in [0, 0.1) is 11.8 Å². The van der Waals surface area contributed by atoms with Gasteiger partial charge in [-0.3, -0.25) is 0 Å². The van der Waals surface area contributed by atoms with E-state index in [9.17, 15) is 13.2 Å². The molecule has 0 bridgehead atoms. The number of unbranched alkanes of at least 4 members (excludes halogenated alkanes) is 2. The first-order valence-electron chi connectivity index (χ1n) is 7.02. The van der Waals surface area contributed by atoms with E-state index in [1.54, 1.807) is 12.1 Å². The second kappa shape index (κ2) is 7.26. The molecule has 0 saturated heterocycles. The summed E-state index contributed by atoms with van der Waals surface area (Å²) >= 11 is -0.0811. The highest BCUT2D eigenvalue weighted by atomic mass is 32.2. The average Bonchev–Trinajstić information content (AvgIpc) is 2.33. The maximum Gasteiger partial charge on any atom is 0.446 e. The van der Waals surface area contributed by atoms with Crippen LogP contribution in [0.25, 0.3) is 0 Å². The van der Waals surface area contributed by atoms with Crippen LogP contribution in [-0.2, 0) is 5.41 Å². The Hall–Kier alpha value is -1.08. The van der Waals surface area contributed by atoms with E-state index >= 15 is 0 Å². The van der Waals surface area contributed by atoms with E-state index in [1.165, 1.54) is 0 Å². The van der Waals surface area contributed by atoms with E-state index in [2.05, 4.69) is 18.8 Å². The highest BCUT2D eigenvalue weighted by molar-refractivity contribution is 8.00. The van der Waals surface area contributed by atoms with Gasteiger partial charge in [-0.05, 0) is 41.3 Å². The first-order valence-corrected chi connectivity index (χ1v) is 7.84. The molecule has 0 fully saturated rings. The summed E-state index contributed by atoms with van der Waals surface area (Å²) in [5, 5.41) is 0. The lowest BCUT2D eigenvalue weighted by Gasteiger charge is -2.20. The van der Waals surface area contributed by atoms with E-state index in [0.29, 0.717) is 12.0 Å². The minimum Gasteiger partial charge on any atom is -0.160 e. The van der Waals surface area contributed by atoms with Crippen LogP contribution in [0.2, 0.25) is 0 Å². The summed E-state index contributed by atoms with van der Waals surface area (Å²) in [6.07, 6.45) is 2.71. The molecule has 0 heterocycles. The van der Waals surface area contributed by atoms with Gasteiger partial charge < -0.3 is 0 Å². The third kappa shape index (κ3) is 6.48. The number of halogens is 3. The molecule has 0 aliphatic heterocycles. The molecule has 0 aliphatic rings. The third-order valence-electron chi connectivity index (χ3n) is 2.95. The van der Waals surface area contributed by atoms with Gasteiger partial charge in [0.15, 0.2) is 0 Å². The molecular formula is C17H21F3S. The van der Waals surface area contributed by atoms with Crippen molar-refractivity contribution in [3.63, 3.8) is 0 Å². The summed E-state index contributed by atoms with van der Waals surface area (Å²) in [6.45, 7) is 8.01. The summed E-state index contributed by atoms with van der Waals surface area (Å²) in [7, 11) is 0. The lowest BCUT2D eigenvalue weighted by Crippen LogP contribution is -2.11. The maximum absolute atomic E-state index is 12.7. The molecule has 1 rings (SSSR count). The standard InChI is InChI=1S/C17H21F3S/c1-5-6-7-8-9-13-10-11-14(16(2,3)4)12-15(13)21-17(18,19)20/h10-12H,5-7H2,1-4H3. The largest absolute Gasteiger partial charge is 0.446 e. The number of hydrogen-bond donors (Lipinski definition) is 0. The van der Waals surface area contributed by atoms with Crippen LogP contribution in [0.15, 0.2) is 23.1 Å². The summed E-state index contributed by atoms with van der Waals surface area (Å²) in [6, 6.07) is 5.18. The first kappa shape index (κ1) is 18.0. The van der Waals surface area contributed by atoms with Gasteiger partial charge in [0, 0.05) is 16.9 Å².